The van der Waals surface area contributed by atoms with E-state index in [1.165, 1.54) is 16.8 Å². The van der Waals surface area contributed by atoms with Gasteiger partial charge in [-0.25, -0.2) is 4.68 Å². The van der Waals surface area contributed by atoms with Gasteiger partial charge in [-0.15, -0.1) is 0 Å². The van der Waals surface area contributed by atoms with E-state index >= 15 is 0 Å². The smallest absolute Gasteiger partial charge is 0.274 e. The first-order valence-electron chi connectivity index (χ1n) is 8.57. The van der Waals surface area contributed by atoms with Crippen molar-refractivity contribution in [2.75, 3.05) is 6.54 Å². The molecule has 1 aromatic heterocycles. The molecular formula is C19H25N3O2. The van der Waals surface area contributed by atoms with Gasteiger partial charge < -0.3 is 4.90 Å². The first-order valence-corrected chi connectivity index (χ1v) is 8.57. The van der Waals surface area contributed by atoms with Crippen molar-refractivity contribution in [2.24, 2.45) is 0 Å². The number of carbonyl (C=O) groups is 1. The van der Waals surface area contributed by atoms with E-state index < -0.39 is 0 Å². The Morgan fingerprint density at radius 1 is 1.08 bits per heavy atom. The minimum Gasteiger partial charge on any atom is -0.333 e. The summed E-state index contributed by atoms with van der Waals surface area (Å²) in [6.45, 7) is 5.85. The van der Waals surface area contributed by atoms with Gasteiger partial charge in [-0.3, -0.25) is 9.59 Å². The van der Waals surface area contributed by atoms with Gasteiger partial charge in [-0.1, -0.05) is 50.6 Å². The fourth-order valence-corrected chi connectivity index (χ4v) is 2.52. The molecule has 0 aliphatic heterocycles. The van der Waals surface area contributed by atoms with E-state index in [2.05, 4.69) is 12.0 Å². The van der Waals surface area contributed by atoms with Crippen molar-refractivity contribution >= 4 is 5.91 Å². The molecule has 0 spiro atoms. The molecule has 0 saturated carbocycles. The predicted octanol–water partition coefficient (Wildman–Crippen LogP) is 3.10. The highest BCUT2D eigenvalue weighted by Crippen LogP contribution is 2.09. The van der Waals surface area contributed by atoms with E-state index in [1.54, 1.807) is 4.90 Å². The Morgan fingerprint density at radius 3 is 2.50 bits per heavy atom. The van der Waals surface area contributed by atoms with Crippen molar-refractivity contribution in [3.05, 3.63) is 64.1 Å². The van der Waals surface area contributed by atoms with Gasteiger partial charge in [0, 0.05) is 25.7 Å². The van der Waals surface area contributed by atoms with Gasteiger partial charge in [0.25, 0.3) is 11.5 Å². The third-order valence-electron chi connectivity index (χ3n) is 3.81. The lowest BCUT2D eigenvalue weighted by atomic mass is 10.2. The summed E-state index contributed by atoms with van der Waals surface area (Å²) in [5, 5.41) is 4.27. The molecule has 0 aliphatic rings. The molecule has 2 aromatic rings. The topological polar surface area (TPSA) is 55.2 Å². The number of aromatic nitrogens is 2. The van der Waals surface area contributed by atoms with Gasteiger partial charge in [0.15, 0.2) is 0 Å². The summed E-state index contributed by atoms with van der Waals surface area (Å²) in [5.41, 5.74) is 1.25. The normalized spacial score (nSPS) is 10.6. The van der Waals surface area contributed by atoms with Crippen LogP contribution in [0.3, 0.4) is 0 Å². The van der Waals surface area contributed by atoms with Crippen molar-refractivity contribution in [2.45, 2.75) is 46.2 Å². The van der Waals surface area contributed by atoms with Crippen LogP contribution >= 0.6 is 0 Å². The lowest BCUT2D eigenvalue weighted by molar-refractivity contribution is 0.0734. The average Bonchev–Trinajstić information content (AvgIpc) is 2.61. The van der Waals surface area contributed by atoms with Crippen molar-refractivity contribution in [3.63, 3.8) is 0 Å². The van der Waals surface area contributed by atoms with E-state index in [9.17, 15) is 9.59 Å². The Bertz CT molecular complexity index is 710. The molecule has 128 valence electrons. The second kappa shape index (κ2) is 9.01. The summed E-state index contributed by atoms with van der Waals surface area (Å²) in [6.07, 6.45) is 2.71. The van der Waals surface area contributed by atoms with Crippen molar-refractivity contribution < 1.29 is 4.79 Å². The molecule has 0 saturated heterocycles. The average molecular weight is 327 g/mol. The standard InChI is InChI=1S/C19H25N3O2/c1-3-5-14-22-18(23)12-11-17(20-22)19(24)21(13-4-2)15-16-9-7-6-8-10-16/h6-12H,3-5,13-15H2,1-2H3. The summed E-state index contributed by atoms with van der Waals surface area (Å²) >= 11 is 0. The largest absolute Gasteiger partial charge is 0.333 e. The zero-order valence-corrected chi connectivity index (χ0v) is 14.4. The number of hydrogen-bond acceptors (Lipinski definition) is 3. The summed E-state index contributed by atoms with van der Waals surface area (Å²) in [6, 6.07) is 12.9. The van der Waals surface area contributed by atoms with Gasteiger partial charge in [0.05, 0.1) is 0 Å². The second-order valence-corrected chi connectivity index (χ2v) is 5.85. The summed E-state index contributed by atoms with van der Waals surface area (Å²) in [4.78, 5) is 26.5. The van der Waals surface area contributed by atoms with Crippen LogP contribution in [0, 0.1) is 0 Å². The Labute approximate surface area is 142 Å². The fraction of sp³-hybridized carbons (Fsp3) is 0.421. The number of amides is 1. The van der Waals surface area contributed by atoms with Gasteiger partial charge >= 0.3 is 0 Å². The Kier molecular flexibility index (Phi) is 6.73. The minimum atomic E-state index is -0.162. The highest BCUT2D eigenvalue weighted by molar-refractivity contribution is 5.92. The molecular weight excluding hydrogens is 302 g/mol. The van der Waals surface area contributed by atoms with E-state index in [0.29, 0.717) is 25.3 Å². The van der Waals surface area contributed by atoms with Crippen molar-refractivity contribution in [3.8, 4) is 0 Å². The van der Waals surface area contributed by atoms with Gasteiger partial charge in [-0.05, 0) is 24.5 Å². The van der Waals surface area contributed by atoms with E-state index in [4.69, 9.17) is 0 Å². The van der Waals surface area contributed by atoms with Crippen LogP contribution in [0.15, 0.2) is 47.3 Å². The molecule has 0 N–H and O–H groups in total. The molecule has 0 bridgehead atoms. The number of rotatable bonds is 8. The molecule has 24 heavy (non-hydrogen) atoms. The van der Waals surface area contributed by atoms with E-state index in [1.807, 2.05) is 37.3 Å². The molecule has 1 amide bonds. The van der Waals surface area contributed by atoms with Crippen LogP contribution < -0.4 is 5.56 Å². The Balaban J connectivity index is 2.21. The lowest BCUT2D eigenvalue weighted by Crippen LogP contribution is -2.34. The predicted molar refractivity (Wildman–Crippen MR) is 94.9 cm³/mol. The van der Waals surface area contributed by atoms with E-state index in [-0.39, 0.29) is 11.5 Å². The molecule has 2 rings (SSSR count). The Morgan fingerprint density at radius 2 is 1.83 bits per heavy atom. The number of aryl methyl sites for hydroxylation is 1. The zero-order valence-electron chi connectivity index (χ0n) is 14.4. The third kappa shape index (κ3) is 4.78. The maximum Gasteiger partial charge on any atom is 0.274 e. The highest BCUT2D eigenvalue weighted by atomic mass is 16.2. The number of unbranched alkanes of at least 4 members (excludes halogenated alkanes) is 1. The van der Waals surface area contributed by atoms with Crippen molar-refractivity contribution in [1.29, 1.82) is 0 Å². The number of hydrogen-bond donors (Lipinski definition) is 0. The first-order chi connectivity index (χ1) is 11.7. The SMILES string of the molecule is CCCCn1nc(C(=O)N(CCC)Cc2ccccc2)ccc1=O. The molecule has 0 unspecified atom stereocenters. The van der Waals surface area contributed by atoms with Crippen LogP contribution in [0.5, 0.6) is 0 Å². The maximum absolute atomic E-state index is 12.8. The van der Waals surface area contributed by atoms with Gasteiger partial charge in [-0.2, -0.15) is 5.10 Å². The summed E-state index contributed by atoms with van der Waals surface area (Å²) in [5.74, 6) is -0.133. The molecule has 1 aromatic carbocycles. The van der Waals surface area contributed by atoms with E-state index in [0.717, 1.165) is 24.8 Å². The second-order valence-electron chi connectivity index (χ2n) is 5.85. The number of carbonyl (C=O) groups excluding carboxylic acids is 1. The first kappa shape index (κ1) is 17.9. The lowest BCUT2D eigenvalue weighted by Gasteiger charge is -2.22. The highest BCUT2D eigenvalue weighted by Gasteiger charge is 2.18. The van der Waals surface area contributed by atoms with Gasteiger partial charge in [0.1, 0.15) is 5.69 Å². The molecule has 0 aliphatic carbocycles. The van der Waals surface area contributed by atoms with Gasteiger partial charge in [0.2, 0.25) is 0 Å². The Hall–Kier alpha value is -2.43. The summed E-state index contributed by atoms with van der Waals surface area (Å²) in [7, 11) is 0. The fourth-order valence-electron chi connectivity index (χ4n) is 2.52. The quantitative estimate of drug-likeness (QED) is 0.748. The molecule has 5 heteroatoms. The summed E-state index contributed by atoms with van der Waals surface area (Å²) < 4.78 is 1.39. The molecule has 0 fully saturated rings. The zero-order chi connectivity index (χ0) is 17.4. The minimum absolute atomic E-state index is 0.133. The molecule has 0 radical (unpaired) electrons. The monoisotopic (exact) mass is 327 g/mol. The van der Waals surface area contributed by atoms with Crippen LogP contribution in [0.2, 0.25) is 0 Å². The van der Waals surface area contributed by atoms with Crippen LogP contribution in [-0.4, -0.2) is 27.1 Å². The number of benzene rings is 1. The molecule has 0 atom stereocenters. The van der Waals surface area contributed by atoms with Crippen LogP contribution in [0.25, 0.3) is 0 Å². The van der Waals surface area contributed by atoms with Crippen LogP contribution in [-0.2, 0) is 13.1 Å². The van der Waals surface area contributed by atoms with Crippen LogP contribution in [0.4, 0.5) is 0 Å². The number of nitrogens with zero attached hydrogens (tertiary/aromatic N) is 3. The maximum atomic E-state index is 12.8. The van der Waals surface area contributed by atoms with Crippen molar-refractivity contribution in [1.82, 2.24) is 14.7 Å². The molecule has 1 heterocycles. The molecule has 5 nitrogen and oxygen atoms in total. The van der Waals surface area contributed by atoms with Crippen LogP contribution in [0.1, 0.15) is 49.2 Å². The third-order valence-corrected chi connectivity index (χ3v) is 3.81.